The summed E-state index contributed by atoms with van der Waals surface area (Å²) in [7, 11) is 0. The van der Waals surface area contributed by atoms with Crippen molar-refractivity contribution >= 4 is 31.5 Å². The average Bonchev–Trinajstić information content (AvgIpc) is 3.90. The van der Waals surface area contributed by atoms with E-state index in [0.29, 0.717) is 17.5 Å². The summed E-state index contributed by atoms with van der Waals surface area (Å²) in [6.07, 6.45) is 0. The smallest absolute Gasteiger partial charge is 0.164 e. The molecule has 0 amide bonds. The zero-order valence-electron chi connectivity index (χ0n) is 36.0. The minimum absolute atomic E-state index is 0.209. The van der Waals surface area contributed by atoms with Gasteiger partial charge in [0, 0.05) is 42.3 Å². The van der Waals surface area contributed by atoms with Crippen molar-refractivity contribution in [3.8, 4) is 67.5 Å². The van der Waals surface area contributed by atoms with E-state index in [-0.39, 0.29) is 5.41 Å². The predicted molar refractivity (Wildman–Crippen MR) is 269 cm³/mol. The van der Waals surface area contributed by atoms with E-state index in [1.807, 2.05) is 29.5 Å². The Kier molecular flexibility index (Phi) is 8.34. The third-order valence-electron chi connectivity index (χ3n) is 14.0. The SMILES string of the molecule is CC1(C)c2ccccc2C2(c3ccc(-c4cccc5c4sc4ccccc45)cc3-c3c(-c4nc(-c5ccccc5)nc(-c5ccc(-c6ccccc6)cc5)n4)cccc32)c2ccccc21. The van der Waals surface area contributed by atoms with Gasteiger partial charge in [0.1, 0.15) is 0 Å². The third-order valence-corrected chi connectivity index (χ3v) is 15.3. The molecule has 0 bridgehead atoms. The minimum Gasteiger partial charge on any atom is -0.208 e. The molecule has 2 aromatic heterocycles. The Labute approximate surface area is 382 Å². The van der Waals surface area contributed by atoms with E-state index < -0.39 is 5.41 Å². The van der Waals surface area contributed by atoms with Crippen molar-refractivity contribution in [1.82, 2.24) is 15.0 Å². The highest BCUT2D eigenvalue weighted by Crippen LogP contribution is 2.63. The van der Waals surface area contributed by atoms with Crippen LogP contribution in [-0.2, 0) is 10.8 Å². The summed E-state index contributed by atoms with van der Waals surface area (Å²) in [6.45, 7) is 4.76. The second-order valence-corrected chi connectivity index (χ2v) is 18.9. The molecule has 0 unspecified atom stereocenters. The fourth-order valence-electron chi connectivity index (χ4n) is 11.1. The van der Waals surface area contributed by atoms with E-state index in [1.165, 1.54) is 75.8 Å². The largest absolute Gasteiger partial charge is 0.208 e. The van der Waals surface area contributed by atoms with Crippen LogP contribution >= 0.6 is 11.3 Å². The van der Waals surface area contributed by atoms with Gasteiger partial charge in [0.15, 0.2) is 17.5 Å². The maximum atomic E-state index is 5.42. The number of nitrogens with zero attached hydrogens (tertiary/aromatic N) is 3. The first-order valence-corrected chi connectivity index (χ1v) is 23.2. The van der Waals surface area contributed by atoms with Gasteiger partial charge in [-0.05, 0) is 78.9 Å². The number of hydrogen-bond acceptors (Lipinski definition) is 4. The van der Waals surface area contributed by atoms with E-state index in [1.54, 1.807) is 0 Å². The van der Waals surface area contributed by atoms with Gasteiger partial charge in [0.25, 0.3) is 0 Å². The molecule has 0 saturated heterocycles. The standard InChI is InChI=1S/C61H41N3S/c1-60(2)49-25-10-12-27-51(49)61(52-28-13-11-26-50(52)60)48-36-35-42(43-22-15-23-45-44-21-9-14-30-54(44)65-56(43)45)37-47(48)55-46(24-16-29-53(55)61)59-63-57(40-19-7-4-8-20-40)62-58(64-59)41-33-31-39(32-34-41)38-17-5-3-6-18-38/h3-37H,1-2H3. The number of rotatable bonds is 5. The Balaban J connectivity index is 1.10. The van der Waals surface area contributed by atoms with Crippen LogP contribution < -0.4 is 0 Å². The van der Waals surface area contributed by atoms with Crippen LogP contribution in [0.5, 0.6) is 0 Å². The Morgan fingerprint density at radius 3 is 1.54 bits per heavy atom. The van der Waals surface area contributed by atoms with Crippen LogP contribution in [0.3, 0.4) is 0 Å². The molecule has 2 heterocycles. The fourth-order valence-corrected chi connectivity index (χ4v) is 12.3. The lowest BCUT2D eigenvalue weighted by atomic mass is 9.55. The molecular formula is C61H41N3S. The van der Waals surface area contributed by atoms with Crippen LogP contribution in [0.25, 0.3) is 87.7 Å². The van der Waals surface area contributed by atoms with E-state index in [2.05, 4.69) is 208 Å². The van der Waals surface area contributed by atoms with Crippen molar-refractivity contribution in [2.45, 2.75) is 24.7 Å². The van der Waals surface area contributed by atoms with E-state index in [0.717, 1.165) is 27.8 Å². The summed E-state index contributed by atoms with van der Waals surface area (Å²) < 4.78 is 2.60. The van der Waals surface area contributed by atoms with Crippen molar-refractivity contribution in [3.05, 3.63) is 246 Å². The van der Waals surface area contributed by atoms with Gasteiger partial charge >= 0.3 is 0 Å². The quantitative estimate of drug-likeness (QED) is 0.173. The summed E-state index contributed by atoms with van der Waals surface area (Å²) in [5.41, 5.74) is 17.0. The van der Waals surface area contributed by atoms with Gasteiger partial charge in [0.2, 0.25) is 0 Å². The molecule has 0 aliphatic heterocycles. The molecule has 65 heavy (non-hydrogen) atoms. The van der Waals surface area contributed by atoms with Crippen LogP contribution in [0.4, 0.5) is 0 Å². The highest BCUT2D eigenvalue weighted by atomic mass is 32.1. The average molecular weight is 848 g/mol. The molecule has 2 aliphatic carbocycles. The third kappa shape index (κ3) is 5.57. The molecule has 0 radical (unpaired) electrons. The van der Waals surface area contributed by atoms with Gasteiger partial charge in [0.05, 0.1) is 5.41 Å². The Morgan fingerprint density at radius 1 is 0.338 bits per heavy atom. The molecule has 9 aromatic carbocycles. The fraction of sp³-hybridized carbons (Fsp3) is 0.0656. The van der Waals surface area contributed by atoms with Crippen LogP contribution in [0.2, 0.25) is 0 Å². The predicted octanol–water partition coefficient (Wildman–Crippen LogP) is 15.6. The zero-order valence-corrected chi connectivity index (χ0v) is 36.8. The molecule has 4 heteroatoms. The summed E-state index contributed by atoms with van der Waals surface area (Å²) in [5, 5.41) is 2.59. The Hall–Kier alpha value is -7.79. The van der Waals surface area contributed by atoms with Gasteiger partial charge in [-0.2, -0.15) is 0 Å². The second-order valence-electron chi connectivity index (χ2n) is 17.9. The molecule has 0 fully saturated rings. The summed E-state index contributed by atoms with van der Waals surface area (Å²) in [5.74, 6) is 1.93. The second kappa shape index (κ2) is 14.4. The highest BCUT2D eigenvalue weighted by Gasteiger charge is 2.54. The van der Waals surface area contributed by atoms with Crippen LogP contribution in [0.1, 0.15) is 47.2 Å². The Morgan fingerprint density at radius 2 is 0.831 bits per heavy atom. The molecule has 0 atom stereocenters. The first-order chi connectivity index (χ1) is 32.0. The van der Waals surface area contributed by atoms with Gasteiger partial charge in [-0.1, -0.05) is 214 Å². The first-order valence-electron chi connectivity index (χ1n) is 22.4. The summed E-state index contributed by atoms with van der Waals surface area (Å²) in [4.78, 5) is 16.0. The Bertz CT molecular complexity index is 3630. The molecule has 1 spiro atoms. The molecule has 3 nitrogen and oxygen atoms in total. The normalized spacial score (nSPS) is 13.9. The maximum Gasteiger partial charge on any atom is 0.164 e. The molecule has 0 N–H and O–H groups in total. The van der Waals surface area contributed by atoms with Crippen LogP contribution in [-0.4, -0.2) is 15.0 Å². The number of aromatic nitrogens is 3. The lowest BCUT2D eigenvalue weighted by Gasteiger charge is -2.46. The van der Waals surface area contributed by atoms with Crippen molar-refractivity contribution in [2.75, 3.05) is 0 Å². The first kappa shape index (κ1) is 37.7. The topological polar surface area (TPSA) is 38.7 Å². The molecule has 11 aromatic rings. The van der Waals surface area contributed by atoms with E-state index >= 15 is 0 Å². The molecule has 0 saturated carbocycles. The molecule has 306 valence electrons. The number of hydrogen-bond donors (Lipinski definition) is 0. The summed E-state index contributed by atoms with van der Waals surface area (Å²) in [6, 6.07) is 77.2. The molecular weight excluding hydrogens is 807 g/mol. The van der Waals surface area contributed by atoms with Crippen molar-refractivity contribution < 1.29 is 0 Å². The number of fused-ring (bicyclic) bond motifs is 12. The minimum atomic E-state index is -0.586. The van der Waals surface area contributed by atoms with Crippen molar-refractivity contribution in [1.29, 1.82) is 0 Å². The zero-order chi connectivity index (χ0) is 43.3. The van der Waals surface area contributed by atoms with Gasteiger partial charge in [-0.15, -0.1) is 11.3 Å². The lowest BCUT2D eigenvalue weighted by molar-refractivity contribution is 0.563. The van der Waals surface area contributed by atoms with Crippen molar-refractivity contribution in [3.63, 3.8) is 0 Å². The monoisotopic (exact) mass is 847 g/mol. The van der Waals surface area contributed by atoms with Crippen molar-refractivity contribution in [2.24, 2.45) is 0 Å². The van der Waals surface area contributed by atoms with E-state index in [9.17, 15) is 0 Å². The van der Waals surface area contributed by atoms with Crippen LogP contribution in [0, 0.1) is 0 Å². The lowest BCUT2D eigenvalue weighted by Crippen LogP contribution is -2.40. The van der Waals surface area contributed by atoms with Gasteiger partial charge in [-0.25, -0.2) is 15.0 Å². The molecule has 13 rings (SSSR count). The van der Waals surface area contributed by atoms with Crippen LogP contribution in [0.15, 0.2) is 212 Å². The molecule has 2 aliphatic rings. The highest BCUT2D eigenvalue weighted by molar-refractivity contribution is 7.26. The van der Waals surface area contributed by atoms with E-state index in [4.69, 9.17) is 15.0 Å². The number of thiophene rings is 1. The van der Waals surface area contributed by atoms with Gasteiger partial charge in [-0.3, -0.25) is 0 Å². The summed E-state index contributed by atoms with van der Waals surface area (Å²) >= 11 is 1.88. The number of benzene rings is 9. The van der Waals surface area contributed by atoms with Gasteiger partial charge < -0.3 is 0 Å². The maximum absolute atomic E-state index is 5.42.